The minimum atomic E-state index is 0. The van der Waals surface area contributed by atoms with Crippen LogP contribution >= 0.6 is 24.0 Å². The summed E-state index contributed by atoms with van der Waals surface area (Å²) in [6, 6.07) is 12.0. The maximum atomic E-state index is 4.39. The molecule has 1 atom stereocenters. The molecule has 25 heavy (non-hydrogen) atoms. The number of rotatable bonds is 7. The molecule has 3 rings (SSSR count). The molecule has 0 aromatic heterocycles. The van der Waals surface area contributed by atoms with Crippen LogP contribution in [0.1, 0.15) is 26.2 Å². The molecule has 1 aliphatic carbocycles. The zero-order chi connectivity index (χ0) is 16.8. The standard InChI is InChI=1S/C19H31N5.HI/c1-3-23(18-9-10-18)14-12-21-19(20-2)22-16-11-13-24(15-16)17-7-5-4-6-8-17;/h4-8,16,18H,3,9-15H2,1-2H3,(H2,20,21,22);1H. The van der Waals surface area contributed by atoms with Crippen LogP contribution in [0.4, 0.5) is 5.69 Å². The Bertz CT molecular complexity index is 532. The first-order chi connectivity index (χ1) is 11.8. The van der Waals surface area contributed by atoms with Crippen LogP contribution in [0, 0.1) is 0 Å². The van der Waals surface area contributed by atoms with E-state index >= 15 is 0 Å². The van der Waals surface area contributed by atoms with E-state index in [0.29, 0.717) is 6.04 Å². The second-order valence-corrected chi connectivity index (χ2v) is 6.77. The molecule has 1 aromatic carbocycles. The molecule has 0 bridgehead atoms. The number of aliphatic imine (C=N–C) groups is 1. The van der Waals surface area contributed by atoms with Gasteiger partial charge in [-0.05, 0) is 37.9 Å². The third-order valence-electron chi connectivity index (χ3n) is 5.03. The minimum Gasteiger partial charge on any atom is -0.369 e. The predicted octanol–water partition coefficient (Wildman–Crippen LogP) is 2.53. The molecule has 2 aliphatic rings. The molecule has 2 N–H and O–H groups in total. The number of hydrogen-bond donors (Lipinski definition) is 2. The van der Waals surface area contributed by atoms with Crippen molar-refractivity contribution in [3.63, 3.8) is 0 Å². The lowest BCUT2D eigenvalue weighted by molar-refractivity contribution is 0.282. The van der Waals surface area contributed by atoms with Gasteiger partial charge in [-0.15, -0.1) is 24.0 Å². The summed E-state index contributed by atoms with van der Waals surface area (Å²) in [7, 11) is 1.86. The molecule has 5 nitrogen and oxygen atoms in total. The fraction of sp³-hybridized carbons (Fsp3) is 0.632. The minimum absolute atomic E-state index is 0. The van der Waals surface area contributed by atoms with Crippen molar-refractivity contribution in [2.45, 2.75) is 38.3 Å². The van der Waals surface area contributed by atoms with Crippen LogP contribution in [-0.2, 0) is 0 Å². The Kier molecular flexibility index (Phi) is 8.29. The van der Waals surface area contributed by atoms with Gasteiger partial charge in [0, 0.05) is 51.0 Å². The summed E-state index contributed by atoms with van der Waals surface area (Å²) in [5, 5.41) is 7.06. The highest BCUT2D eigenvalue weighted by Gasteiger charge is 2.27. The Morgan fingerprint density at radius 2 is 2.00 bits per heavy atom. The fourth-order valence-corrected chi connectivity index (χ4v) is 3.50. The van der Waals surface area contributed by atoms with E-state index in [9.17, 15) is 0 Å². The first-order valence-electron chi connectivity index (χ1n) is 9.31. The van der Waals surface area contributed by atoms with Gasteiger partial charge >= 0.3 is 0 Å². The van der Waals surface area contributed by atoms with Gasteiger partial charge in [-0.3, -0.25) is 9.89 Å². The summed E-state index contributed by atoms with van der Waals surface area (Å²) in [4.78, 5) is 9.39. The molecule has 1 aromatic rings. The third-order valence-corrected chi connectivity index (χ3v) is 5.03. The highest BCUT2D eigenvalue weighted by Crippen LogP contribution is 2.25. The maximum absolute atomic E-state index is 4.39. The first-order valence-corrected chi connectivity index (χ1v) is 9.31. The average Bonchev–Trinajstić information content (AvgIpc) is 3.36. The number of guanidine groups is 1. The van der Waals surface area contributed by atoms with Gasteiger partial charge in [0.2, 0.25) is 0 Å². The highest BCUT2D eigenvalue weighted by atomic mass is 127. The molecule has 1 heterocycles. The molecular formula is C19H32IN5. The van der Waals surface area contributed by atoms with Crippen molar-refractivity contribution in [3.05, 3.63) is 30.3 Å². The largest absolute Gasteiger partial charge is 0.369 e. The first kappa shape index (κ1) is 20.3. The van der Waals surface area contributed by atoms with E-state index in [1.54, 1.807) is 0 Å². The van der Waals surface area contributed by atoms with E-state index < -0.39 is 0 Å². The van der Waals surface area contributed by atoms with Gasteiger partial charge in [-0.2, -0.15) is 0 Å². The number of anilines is 1. The van der Waals surface area contributed by atoms with E-state index in [0.717, 1.165) is 51.1 Å². The number of halogens is 1. The maximum Gasteiger partial charge on any atom is 0.191 e. The number of likely N-dealkylation sites (N-methyl/N-ethyl adjacent to an activating group) is 1. The van der Waals surface area contributed by atoms with E-state index in [1.807, 2.05) is 7.05 Å². The molecule has 2 fully saturated rings. The Hall–Kier alpha value is -1.02. The van der Waals surface area contributed by atoms with Crippen LogP contribution < -0.4 is 15.5 Å². The zero-order valence-corrected chi connectivity index (χ0v) is 17.8. The van der Waals surface area contributed by atoms with Gasteiger partial charge in [0.15, 0.2) is 5.96 Å². The number of benzene rings is 1. The van der Waals surface area contributed by atoms with Crippen LogP contribution in [0.15, 0.2) is 35.3 Å². The summed E-state index contributed by atoms with van der Waals surface area (Å²) < 4.78 is 0. The Morgan fingerprint density at radius 1 is 1.24 bits per heavy atom. The second kappa shape index (κ2) is 10.2. The van der Waals surface area contributed by atoms with Crippen LogP contribution in [0.5, 0.6) is 0 Å². The van der Waals surface area contributed by atoms with E-state index in [1.165, 1.54) is 18.5 Å². The zero-order valence-electron chi connectivity index (χ0n) is 15.4. The normalized spacial score (nSPS) is 20.5. The predicted molar refractivity (Wildman–Crippen MR) is 117 cm³/mol. The SMILES string of the molecule is CCN(CCNC(=NC)NC1CCN(c2ccccc2)C1)C1CC1.I. The third kappa shape index (κ3) is 6.02. The average molecular weight is 457 g/mol. The van der Waals surface area contributed by atoms with E-state index in [4.69, 9.17) is 0 Å². The molecule has 0 spiro atoms. The van der Waals surface area contributed by atoms with Crippen molar-refractivity contribution in [3.8, 4) is 0 Å². The molecule has 140 valence electrons. The summed E-state index contributed by atoms with van der Waals surface area (Å²) in [6.07, 6.45) is 3.90. The summed E-state index contributed by atoms with van der Waals surface area (Å²) >= 11 is 0. The van der Waals surface area contributed by atoms with Crippen LogP contribution in [0.3, 0.4) is 0 Å². The second-order valence-electron chi connectivity index (χ2n) is 6.77. The van der Waals surface area contributed by atoms with Crippen LogP contribution in [0.2, 0.25) is 0 Å². The Labute approximate surface area is 169 Å². The molecule has 0 radical (unpaired) electrons. The molecular weight excluding hydrogens is 425 g/mol. The van der Waals surface area contributed by atoms with Crippen molar-refractivity contribution >= 4 is 35.6 Å². The van der Waals surface area contributed by atoms with E-state index in [2.05, 4.69) is 62.7 Å². The van der Waals surface area contributed by atoms with Gasteiger partial charge < -0.3 is 15.5 Å². The van der Waals surface area contributed by atoms with E-state index in [-0.39, 0.29) is 24.0 Å². The highest BCUT2D eigenvalue weighted by molar-refractivity contribution is 14.0. The topological polar surface area (TPSA) is 42.9 Å². The van der Waals surface area contributed by atoms with Gasteiger partial charge in [0.1, 0.15) is 0 Å². The van der Waals surface area contributed by atoms with Crippen LogP contribution in [0.25, 0.3) is 0 Å². The molecule has 1 saturated heterocycles. The van der Waals surface area contributed by atoms with Gasteiger partial charge in [-0.25, -0.2) is 0 Å². The van der Waals surface area contributed by atoms with Crippen LogP contribution in [-0.4, -0.2) is 62.7 Å². The van der Waals surface area contributed by atoms with Crippen molar-refractivity contribution in [2.75, 3.05) is 44.7 Å². The molecule has 0 amide bonds. The Morgan fingerprint density at radius 3 is 2.64 bits per heavy atom. The monoisotopic (exact) mass is 457 g/mol. The molecule has 1 unspecified atom stereocenters. The molecule has 6 heteroatoms. The number of para-hydroxylation sites is 1. The number of hydrogen-bond acceptors (Lipinski definition) is 3. The number of nitrogens with one attached hydrogen (secondary N) is 2. The van der Waals surface area contributed by atoms with Gasteiger partial charge in [0.25, 0.3) is 0 Å². The Balaban J connectivity index is 0.00000225. The van der Waals surface area contributed by atoms with Gasteiger partial charge in [0.05, 0.1) is 0 Å². The van der Waals surface area contributed by atoms with Gasteiger partial charge in [-0.1, -0.05) is 25.1 Å². The van der Waals surface area contributed by atoms with Crippen molar-refractivity contribution in [1.82, 2.24) is 15.5 Å². The van der Waals surface area contributed by atoms with Crippen molar-refractivity contribution < 1.29 is 0 Å². The summed E-state index contributed by atoms with van der Waals surface area (Å²) in [5.74, 6) is 0.932. The summed E-state index contributed by atoms with van der Waals surface area (Å²) in [5.41, 5.74) is 1.31. The smallest absolute Gasteiger partial charge is 0.191 e. The number of nitrogens with zero attached hydrogens (tertiary/aromatic N) is 3. The van der Waals surface area contributed by atoms with Crippen molar-refractivity contribution in [1.29, 1.82) is 0 Å². The summed E-state index contributed by atoms with van der Waals surface area (Å²) in [6.45, 7) is 7.59. The molecule has 1 saturated carbocycles. The van der Waals surface area contributed by atoms with Crippen molar-refractivity contribution in [2.24, 2.45) is 4.99 Å². The fourth-order valence-electron chi connectivity index (χ4n) is 3.50. The quantitative estimate of drug-likeness (QED) is 0.375. The lowest BCUT2D eigenvalue weighted by Crippen LogP contribution is -2.46. The molecule has 1 aliphatic heterocycles. The lowest BCUT2D eigenvalue weighted by atomic mass is 10.3. The lowest BCUT2D eigenvalue weighted by Gasteiger charge is -2.22.